The highest BCUT2D eigenvalue weighted by Gasteiger charge is 2.35. The Balaban J connectivity index is 2.57. The number of nitrogens with zero attached hydrogens (tertiary/aromatic N) is 3. The molecule has 160 valence electrons. The minimum Gasteiger partial charge on any atom is -0.380 e. The fraction of sp³-hybridized carbons (Fsp3) is 0.500. The maximum Gasteiger partial charge on any atom is 0.419 e. The summed E-state index contributed by atoms with van der Waals surface area (Å²) in [5.41, 5.74) is -1.42. The fourth-order valence-electron chi connectivity index (χ4n) is 3.01. The van der Waals surface area contributed by atoms with Gasteiger partial charge in [0.25, 0.3) is 5.91 Å². The molecule has 0 atom stereocenters. The number of alkyl halides is 3. The van der Waals surface area contributed by atoms with E-state index in [-0.39, 0.29) is 10.9 Å². The van der Waals surface area contributed by atoms with Gasteiger partial charge in [-0.1, -0.05) is 26.8 Å². The van der Waals surface area contributed by atoms with Crippen LogP contribution in [0.25, 0.3) is 0 Å². The van der Waals surface area contributed by atoms with Gasteiger partial charge < -0.3 is 4.74 Å². The first-order valence-electron chi connectivity index (χ1n) is 9.17. The van der Waals surface area contributed by atoms with Gasteiger partial charge in [0, 0.05) is 30.8 Å². The lowest BCUT2D eigenvalue weighted by Gasteiger charge is -2.20. The van der Waals surface area contributed by atoms with Crippen molar-refractivity contribution in [2.75, 3.05) is 13.2 Å². The molecule has 0 aliphatic heterocycles. The minimum atomic E-state index is -4.90. The third-order valence-corrected chi connectivity index (χ3v) is 4.41. The second kappa shape index (κ2) is 8.52. The lowest BCUT2D eigenvalue weighted by atomic mass is 9.92. The summed E-state index contributed by atoms with van der Waals surface area (Å²) in [7, 11) is 1.79. The summed E-state index contributed by atoms with van der Waals surface area (Å²) in [5.74, 6) is -2.70. The summed E-state index contributed by atoms with van der Waals surface area (Å²) in [6.45, 7) is 9.03. The van der Waals surface area contributed by atoms with Crippen molar-refractivity contribution in [1.82, 2.24) is 9.36 Å². The molecule has 1 heterocycles. The quantitative estimate of drug-likeness (QED) is 0.546. The summed E-state index contributed by atoms with van der Waals surface area (Å²) in [5, 5.41) is 0. The van der Waals surface area contributed by atoms with Crippen molar-refractivity contribution in [2.24, 2.45) is 12.0 Å². The van der Waals surface area contributed by atoms with E-state index in [1.807, 2.05) is 32.4 Å². The van der Waals surface area contributed by atoms with E-state index in [0.29, 0.717) is 25.8 Å². The number of rotatable bonds is 5. The predicted octanol–water partition coefficient (Wildman–Crippen LogP) is 4.06. The van der Waals surface area contributed by atoms with Gasteiger partial charge in [0.1, 0.15) is 5.82 Å². The van der Waals surface area contributed by atoms with Gasteiger partial charge >= 0.3 is 6.18 Å². The number of hydrogen-bond acceptors (Lipinski definition) is 2. The summed E-state index contributed by atoms with van der Waals surface area (Å²) in [6, 6.07) is 4.25. The zero-order valence-electron chi connectivity index (χ0n) is 17.1. The lowest BCUT2D eigenvalue weighted by Crippen LogP contribution is -2.27. The van der Waals surface area contributed by atoms with Crippen molar-refractivity contribution in [3.8, 4) is 0 Å². The van der Waals surface area contributed by atoms with Gasteiger partial charge in [-0.25, -0.2) is 4.39 Å². The van der Waals surface area contributed by atoms with E-state index in [4.69, 9.17) is 4.74 Å². The summed E-state index contributed by atoms with van der Waals surface area (Å²) in [4.78, 5) is 16.5. The van der Waals surface area contributed by atoms with E-state index in [0.717, 1.165) is 17.8 Å². The molecular formula is C20H25F4N3O2. The Morgan fingerprint density at radius 3 is 2.41 bits per heavy atom. The van der Waals surface area contributed by atoms with E-state index in [9.17, 15) is 22.4 Å². The summed E-state index contributed by atoms with van der Waals surface area (Å²) < 4.78 is 62.0. The van der Waals surface area contributed by atoms with Gasteiger partial charge in [0.05, 0.1) is 24.3 Å². The number of carbonyl (C=O) groups excluding carboxylic acids is 1. The third kappa shape index (κ3) is 5.14. The van der Waals surface area contributed by atoms with Crippen molar-refractivity contribution in [3.63, 3.8) is 0 Å². The van der Waals surface area contributed by atoms with Crippen LogP contribution in [-0.2, 0) is 29.9 Å². The van der Waals surface area contributed by atoms with Crippen molar-refractivity contribution in [3.05, 3.63) is 52.4 Å². The van der Waals surface area contributed by atoms with Crippen LogP contribution in [0.2, 0.25) is 0 Å². The zero-order valence-corrected chi connectivity index (χ0v) is 17.1. The van der Waals surface area contributed by atoms with E-state index >= 15 is 0 Å². The van der Waals surface area contributed by atoms with Crippen LogP contribution in [0.1, 0.15) is 49.3 Å². The Labute approximate surface area is 166 Å². The van der Waals surface area contributed by atoms with Crippen LogP contribution in [0, 0.1) is 5.82 Å². The topological polar surface area (TPSA) is 48.5 Å². The molecule has 0 N–H and O–H groups in total. The molecule has 0 saturated heterocycles. The Morgan fingerprint density at radius 2 is 1.86 bits per heavy atom. The first-order valence-corrected chi connectivity index (χ1v) is 9.17. The van der Waals surface area contributed by atoms with Crippen LogP contribution in [0.5, 0.6) is 0 Å². The molecule has 5 nitrogen and oxygen atoms in total. The molecule has 29 heavy (non-hydrogen) atoms. The Hall–Kier alpha value is -2.42. The molecule has 0 spiro atoms. The number of halogens is 4. The summed E-state index contributed by atoms with van der Waals surface area (Å²) in [6.07, 6.45) is -4.90. The molecular weight excluding hydrogens is 390 g/mol. The largest absolute Gasteiger partial charge is 0.419 e. The smallest absolute Gasteiger partial charge is 0.380 e. The van der Waals surface area contributed by atoms with Gasteiger partial charge in [-0.2, -0.15) is 18.2 Å². The Bertz CT molecular complexity index is 950. The number of hydrogen-bond donors (Lipinski definition) is 0. The number of amides is 1. The maximum absolute atomic E-state index is 14.3. The predicted molar refractivity (Wildman–Crippen MR) is 99.9 cm³/mol. The molecule has 0 radical (unpaired) electrons. The number of aromatic nitrogens is 2. The summed E-state index contributed by atoms with van der Waals surface area (Å²) >= 11 is 0. The second-order valence-corrected chi connectivity index (χ2v) is 7.56. The van der Waals surface area contributed by atoms with Gasteiger partial charge in [0.2, 0.25) is 0 Å². The van der Waals surface area contributed by atoms with Crippen LogP contribution in [-0.4, -0.2) is 28.5 Å². The van der Waals surface area contributed by atoms with E-state index < -0.39 is 29.0 Å². The molecule has 0 fully saturated rings. The number of benzene rings is 1. The monoisotopic (exact) mass is 415 g/mol. The van der Waals surface area contributed by atoms with Crippen molar-refractivity contribution in [2.45, 2.75) is 45.8 Å². The van der Waals surface area contributed by atoms with Crippen LogP contribution < -0.4 is 5.49 Å². The molecule has 1 aromatic carbocycles. The van der Waals surface area contributed by atoms with Crippen LogP contribution in [0.4, 0.5) is 17.6 Å². The first kappa shape index (κ1) is 22.9. The number of carbonyl (C=O) groups is 1. The highest BCUT2D eigenvalue weighted by Crippen LogP contribution is 2.32. The van der Waals surface area contributed by atoms with E-state index in [1.54, 1.807) is 17.8 Å². The SMILES string of the molecule is CCOCCn1/c(=N/C(=O)c2cccc(C(F)(F)F)c2F)cc(C(C)(C)C)n1C. The van der Waals surface area contributed by atoms with E-state index in [2.05, 4.69) is 4.99 Å². The van der Waals surface area contributed by atoms with Gasteiger partial charge in [-0.05, 0) is 19.1 Å². The number of ether oxygens (including phenoxy) is 1. The molecule has 1 aromatic heterocycles. The molecule has 0 unspecified atom stereocenters. The molecule has 2 rings (SSSR count). The highest BCUT2D eigenvalue weighted by molar-refractivity contribution is 5.95. The highest BCUT2D eigenvalue weighted by atomic mass is 19.4. The Kier molecular flexibility index (Phi) is 6.72. The van der Waals surface area contributed by atoms with Crippen LogP contribution in [0.15, 0.2) is 29.3 Å². The average Bonchev–Trinajstić information content (AvgIpc) is 2.90. The fourth-order valence-corrected chi connectivity index (χ4v) is 3.01. The maximum atomic E-state index is 14.3. The molecule has 0 bridgehead atoms. The molecule has 0 saturated carbocycles. The lowest BCUT2D eigenvalue weighted by molar-refractivity contribution is -0.140. The first-order chi connectivity index (χ1) is 13.4. The average molecular weight is 415 g/mol. The van der Waals surface area contributed by atoms with Crippen molar-refractivity contribution >= 4 is 5.91 Å². The molecule has 2 aromatic rings. The van der Waals surface area contributed by atoms with Gasteiger partial charge in [0.15, 0.2) is 5.49 Å². The molecule has 9 heteroatoms. The minimum absolute atomic E-state index is 0.221. The normalized spacial score (nSPS) is 13.2. The zero-order chi connectivity index (χ0) is 22.0. The molecule has 0 aliphatic rings. The molecule has 1 amide bonds. The van der Waals surface area contributed by atoms with Crippen molar-refractivity contribution < 1.29 is 27.1 Å². The van der Waals surface area contributed by atoms with Crippen molar-refractivity contribution in [1.29, 1.82) is 0 Å². The van der Waals surface area contributed by atoms with Gasteiger partial charge in [-0.3, -0.25) is 14.2 Å². The van der Waals surface area contributed by atoms with Crippen LogP contribution in [0.3, 0.4) is 0 Å². The Morgan fingerprint density at radius 1 is 1.21 bits per heavy atom. The van der Waals surface area contributed by atoms with Crippen LogP contribution >= 0.6 is 0 Å². The molecule has 0 aliphatic carbocycles. The van der Waals surface area contributed by atoms with Gasteiger partial charge in [-0.15, -0.1) is 0 Å². The van der Waals surface area contributed by atoms with E-state index in [1.165, 1.54) is 0 Å². The standard InChI is InChI=1S/C20H25F4N3O2/c1-6-29-11-10-27-16(12-15(26(27)5)19(2,3)4)25-18(28)13-8-7-9-14(17(13)21)20(22,23)24/h7-9,12H,6,10-11H2,1-5H3/b25-16+. The second-order valence-electron chi connectivity index (χ2n) is 7.56. The third-order valence-electron chi connectivity index (χ3n) is 4.41.